The Morgan fingerprint density at radius 1 is 1.25 bits per heavy atom. The first-order chi connectivity index (χ1) is 11.1. The van der Waals surface area contributed by atoms with Gasteiger partial charge in [0.25, 0.3) is 5.91 Å². The predicted octanol–water partition coefficient (Wildman–Crippen LogP) is 3.92. The van der Waals surface area contributed by atoms with E-state index in [0.29, 0.717) is 16.6 Å². The van der Waals surface area contributed by atoms with Crippen molar-refractivity contribution in [3.63, 3.8) is 0 Å². The molecule has 0 radical (unpaired) electrons. The number of rotatable bonds is 4. The molecule has 0 spiro atoms. The molecule has 0 bridgehead atoms. The number of cyclic esters (lactones) is 1. The molecule has 1 aromatic rings. The van der Waals surface area contributed by atoms with E-state index >= 15 is 0 Å². The molecule has 0 aliphatic carbocycles. The van der Waals surface area contributed by atoms with Crippen molar-refractivity contribution in [2.24, 2.45) is 0 Å². The van der Waals surface area contributed by atoms with Crippen molar-refractivity contribution in [2.75, 3.05) is 0 Å². The zero-order chi connectivity index (χ0) is 18.1. The number of ether oxygens (including phenoxy) is 2. The molecule has 0 saturated carbocycles. The molecule has 2 rings (SSSR count). The second-order valence-corrected chi connectivity index (χ2v) is 7.02. The number of hydrogen-bond acceptors (Lipinski definition) is 4. The molecule has 1 saturated heterocycles. The van der Waals surface area contributed by atoms with E-state index in [2.05, 4.69) is 0 Å². The summed E-state index contributed by atoms with van der Waals surface area (Å²) >= 11 is 11.9. The van der Waals surface area contributed by atoms with Crippen molar-refractivity contribution < 1.29 is 19.1 Å². The van der Waals surface area contributed by atoms with Gasteiger partial charge in [-0.3, -0.25) is 4.79 Å². The van der Waals surface area contributed by atoms with Gasteiger partial charge in [0.05, 0.1) is 16.1 Å². The fraction of sp³-hybridized carbons (Fsp3) is 0.412. The van der Waals surface area contributed by atoms with Crippen molar-refractivity contribution in [3.8, 4) is 0 Å². The van der Waals surface area contributed by atoms with Crippen LogP contribution < -0.4 is 0 Å². The molecule has 1 aliphatic heterocycles. The van der Waals surface area contributed by atoms with E-state index < -0.39 is 11.8 Å². The highest BCUT2D eigenvalue weighted by atomic mass is 35.5. The van der Waals surface area contributed by atoms with Crippen LogP contribution >= 0.6 is 23.2 Å². The first kappa shape index (κ1) is 18.6. The molecule has 5 nitrogen and oxygen atoms in total. The molecular formula is C17H19Cl2NO4. The summed E-state index contributed by atoms with van der Waals surface area (Å²) in [5, 5.41) is 0.877. The SMILES string of the molecule is CC(C)N(Cc1ccc(Cl)c(Cl)c1)C(=O)/C=C1/OC(C)(C)OC1=O. The molecule has 24 heavy (non-hydrogen) atoms. The van der Waals surface area contributed by atoms with Gasteiger partial charge in [0.2, 0.25) is 11.5 Å². The average molecular weight is 372 g/mol. The molecule has 0 aromatic heterocycles. The normalized spacial score (nSPS) is 17.8. The summed E-state index contributed by atoms with van der Waals surface area (Å²) in [6.07, 6.45) is 1.16. The Morgan fingerprint density at radius 2 is 1.92 bits per heavy atom. The molecule has 1 aliphatic rings. The Labute approximate surface area is 151 Å². The molecule has 1 heterocycles. The Hall–Kier alpha value is -1.72. The van der Waals surface area contributed by atoms with Gasteiger partial charge in [-0.2, -0.15) is 0 Å². The fourth-order valence-electron chi connectivity index (χ4n) is 2.23. The van der Waals surface area contributed by atoms with E-state index in [-0.39, 0.29) is 17.7 Å². The summed E-state index contributed by atoms with van der Waals surface area (Å²) in [7, 11) is 0. The lowest BCUT2D eigenvalue weighted by molar-refractivity contribution is -0.159. The van der Waals surface area contributed by atoms with E-state index in [4.69, 9.17) is 32.7 Å². The van der Waals surface area contributed by atoms with Crippen LogP contribution in [0.4, 0.5) is 0 Å². The van der Waals surface area contributed by atoms with E-state index in [1.165, 1.54) is 0 Å². The topological polar surface area (TPSA) is 55.8 Å². The average Bonchev–Trinajstić information content (AvgIpc) is 2.71. The number of halogens is 2. The van der Waals surface area contributed by atoms with E-state index in [0.717, 1.165) is 11.6 Å². The van der Waals surface area contributed by atoms with Crippen molar-refractivity contribution in [2.45, 2.75) is 46.1 Å². The molecule has 1 amide bonds. The summed E-state index contributed by atoms with van der Waals surface area (Å²) in [4.78, 5) is 25.9. The van der Waals surface area contributed by atoms with Gasteiger partial charge in [-0.25, -0.2) is 4.79 Å². The minimum absolute atomic E-state index is 0.0887. The van der Waals surface area contributed by atoms with Gasteiger partial charge in [-0.15, -0.1) is 0 Å². The number of amides is 1. The summed E-state index contributed by atoms with van der Waals surface area (Å²) < 4.78 is 10.4. The highest BCUT2D eigenvalue weighted by Crippen LogP contribution is 2.27. The van der Waals surface area contributed by atoms with E-state index in [1.54, 1.807) is 36.9 Å². The summed E-state index contributed by atoms with van der Waals surface area (Å²) in [5.74, 6) is -2.15. The number of carbonyl (C=O) groups is 2. The Balaban J connectivity index is 2.19. The predicted molar refractivity (Wildman–Crippen MR) is 91.5 cm³/mol. The van der Waals surface area contributed by atoms with Crippen LogP contribution in [0.3, 0.4) is 0 Å². The van der Waals surface area contributed by atoms with Crippen LogP contribution in [0, 0.1) is 0 Å². The molecule has 0 N–H and O–H groups in total. The maximum atomic E-state index is 12.6. The van der Waals surface area contributed by atoms with Gasteiger partial charge in [-0.1, -0.05) is 29.3 Å². The van der Waals surface area contributed by atoms with Crippen LogP contribution in [0.5, 0.6) is 0 Å². The number of benzene rings is 1. The molecular weight excluding hydrogens is 353 g/mol. The number of nitrogens with zero attached hydrogens (tertiary/aromatic N) is 1. The van der Waals surface area contributed by atoms with Gasteiger partial charge in [0.1, 0.15) is 0 Å². The Morgan fingerprint density at radius 3 is 2.42 bits per heavy atom. The third-order valence-electron chi connectivity index (χ3n) is 3.39. The molecule has 0 unspecified atom stereocenters. The quantitative estimate of drug-likeness (QED) is 0.594. The summed E-state index contributed by atoms with van der Waals surface area (Å²) in [6, 6.07) is 5.10. The number of hydrogen-bond donors (Lipinski definition) is 0. The van der Waals surface area contributed by atoms with Crippen molar-refractivity contribution in [1.29, 1.82) is 0 Å². The van der Waals surface area contributed by atoms with Crippen LogP contribution in [0.25, 0.3) is 0 Å². The lowest BCUT2D eigenvalue weighted by Crippen LogP contribution is -2.35. The standard InChI is InChI=1S/C17H19Cl2NO4/c1-10(2)20(9-11-5-6-12(18)13(19)7-11)15(21)8-14-16(22)24-17(3,4)23-14/h5-8,10H,9H2,1-4H3/b14-8+. The van der Waals surface area contributed by atoms with Gasteiger partial charge >= 0.3 is 5.97 Å². The highest BCUT2D eigenvalue weighted by Gasteiger charge is 2.38. The zero-order valence-corrected chi connectivity index (χ0v) is 15.4. The number of esters is 1. The third kappa shape index (κ3) is 4.42. The summed E-state index contributed by atoms with van der Waals surface area (Å²) in [6.45, 7) is 7.30. The lowest BCUT2D eigenvalue weighted by Gasteiger charge is -2.26. The first-order valence-corrected chi connectivity index (χ1v) is 8.23. The Kier molecular flexibility index (Phi) is 5.45. The lowest BCUT2D eigenvalue weighted by atomic mass is 10.2. The molecule has 1 aromatic carbocycles. The van der Waals surface area contributed by atoms with Crippen molar-refractivity contribution >= 4 is 35.1 Å². The van der Waals surface area contributed by atoms with E-state index in [1.807, 2.05) is 13.8 Å². The Bertz CT molecular complexity index is 698. The number of carbonyl (C=O) groups excluding carboxylic acids is 2. The van der Waals surface area contributed by atoms with Crippen LogP contribution in [-0.4, -0.2) is 28.6 Å². The minimum atomic E-state index is -1.06. The monoisotopic (exact) mass is 371 g/mol. The fourth-order valence-corrected chi connectivity index (χ4v) is 2.55. The second kappa shape index (κ2) is 7.03. The molecule has 1 fully saturated rings. The smallest absolute Gasteiger partial charge is 0.377 e. The van der Waals surface area contributed by atoms with Crippen LogP contribution in [0.15, 0.2) is 30.0 Å². The maximum absolute atomic E-state index is 12.6. The first-order valence-electron chi connectivity index (χ1n) is 7.47. The molecule has 130 valence electrons. The maximum Gasteiger partial charge on any atom is 0.377 e. The van der Waals surface area contributed by atoms with Gasteiger partial charge < -0.3 is 14.4 Å². The van der Waals surface area contributed by atoms with Crippen LogP contribution in [0.1, 0.15) is 33.3 Å². The van der Waals surface area contributed by atoms with Crippen LogP contribution in [0.2, 0.25) is 10.0 Å². The minimum Gasteiger partial charge on any atom is -0.445 e. The van der Waals surface area contributed by atoms with Crippen molar-refractivity contribution in [3.05, 3.63) is 45.6 Å². The summed E-state index contributed by atoms with van der Waals surface area (Å²) in [5.41, 5.74) is 0.833. The van der Waals surface area contributed by atoms with Gasteiger partial charge in [0.15, 0.2) is 0 Å². The van der Waals surface area contributed by atoms with Crippen molar-refractivity contribution in [1.82, 2.24) is 4.90 Å². The molecule has 0 atom stereocenters. The third-order valence-corrected chi connectivity index (χ3v) is 4.13. The van der Waals surface area contributed by atoms with Crippen LogP contribution in [-0.2, 0) is 25.6 Å². The van der Waals surface area contributed by atoms with Gasteiger partial charge in [-0.05, 0) is 31.5 Å². The second-order valence-electron chi connectivity index (χ2n) is 6.21. The molecule has 7 heteroatoms. The van der Waals surface area contributed by atoms with Gasteiger partial charge in [0, 0.05) is 26.4 Å². The highest BCUT2D eigenvalue weighted by molar-refractivity contribution is 6.42. The zero-order valence-electron chi connectivity index (χ0n) is 13.9. The largest absolute Gasteiger partial charge is 0.445 e. The van der Waals surface area contributed by atoms with E-state index in [9.17, 15) is 9.59 Å².